The summed E-state index contributed by atoms with van der Waals surface area (Å²) in [6.07, 6.45) is 1.18. The molecule has 2 rings (SSSR count). The highest BCUT2D eigenvalue weighted by Gasteiger charge is 2.25. The van der Waals surface area contributed by atoms with Gasteiger partial charge >= 0.3 is 6.09 Å². The summed E-state index contributed by atoms with van der Waals surface area (Å²) >= 11 is 0. The molecule has 0 N–H and O–H groups in total. The maximum Gasteiger partial charge on any atom is 0.410 e. The number of hydrogen-bond acceptors (Lipinski definition) is 3. The van der Waals surface area contributed by atoms with Gasteiger partial charge in [0.1, 0.15) is 6.61 Å². The van der Waals surface area contributed by atoms with Crippen molar-refractivity contribution in [3.63, 3.8) is 0 Å². The SMILES string of the molecule is C=CCOC(=O)N1CCN(C(=O)c2ccccc2)CC1. The zero-order valence-corrected chi connectivity index (χ0v) is 11.3. The van der Waals surface area contributed by atoms with Gasteiger partial charge in [-0.1, -0.05) is 30.9 Å². The molecular formula is C15H18N2O3. The average Bonchev–Trinajstić information content (AvgIpc) is 2.53. The number of amides is 2. The Labute approximate surface area is 118 Å². The number of carbonyl (C=O) groups excluding carboxylic acids is 2. The van der Waals surface area contributed by atoms with Crippen LogP contribution in [0.1, 0.15) is 10.4 Å². The van der Waals surface area contributed by atoms with Gasteiger partial charge in [-0.3, -0.25) is 4.79 Å². The van der Waals surface area contributed by atoms with Crippen LogP contribution >= 0.6 is 0 Å². The molecule has 5 nitrogen and oxygen atoms in total. The minimum atomic E-state index is -0.350. The Morgan fingerprint density at radius 2 is 1.70 bits per heavy atom. The van der Waals surface area contributed by atoms with Crippen LogP contribution in [-0.2, 0) is 4.74 Å². The maximum atomic E-state index is 12.2. The van der Waals surface area contributed by atoms with E-state index in [4.69, 9.17) is 4.74 Å². The van der Waals surface area contributed by atoms with Gasteiger partial charge in [0.25, 0.3) is 5.91 Å². The van der Waals surface area contributed by atoms with Crippen molar-refractivity contribution in [2.45, 2.75) is 0 Å². The molecule has 1 aromatic carbocycles. The highest BCUT2D eigenvalue weighted by molar-refractivity contribution is 5.94. The summed E-state index contributed by atoms with van der Waals surface area (Å²) in [6.45, 7) is 5.75. The molecule has 1 aliphatic heterocycles. The summed E-state index contributed by atoms with van der Waals surface area (Å²) in [5.41, 5.74) is 0.676. The lowest BCUT2D eigenvalue weighted by molar-refractivity contribution is 0.0581. The number of ether oxygens (including phenoxy) is 1. The van der Waals surface area contributed by atoms with Crippen LogP contribution in [0.2, 0.25) is 0 Å². The number of hydrogen-bond donors (Lipinski definition) is 0. The zero-order chi connectivity index (χ0) is 14.4. The molecule has 1 heterocycles. The van der Waals surface area contributed by atoms with Crippen LogP contribution < -0.4 is 0 Å². The van der Waals surface area contributed by atoms with E-state index in [-0.39, 0.29) is 18.6 Å². The fourth-order valence-electron chi connectivity index (χ4n) is 2.08. The first-order valence-electron chi connectivity index (χ1n) is 6.59. The molecule has 0 atom stereocenters. The molecule has 0 radical (unpaired) electrons. The molecule has 1 aliphatic rings. The molecule has 5 heteroatoms. The minimum absolute atomic E-state index is 0.00436. The van der Waals surface area contributed by atoms with Gasteiger partial charge < -0.3 is 14.5 Å². The molecular weight excluding hydrogens is 256 g/mol. The molecule has 0 unspecified atom stereocenters. The quantitative estimate of drug-likeness (QED) is 0.789. The molecule has 0 spiro atoms. The van der Waals surface area contributed by atoms with E-state index in [0.717, 1.165) is 0 Å². The van der Waals surface area contributed by atoms with E-state index in [1.54, 1.807) is 21.9 Å². The van der Waals surface area contributed by atoms with Gasteiger partial charge in [-0.15, -0.1) is 0 Å². The lowest BCUT2D eigenvalue weighted by atomic mass is 10.2. The molecule has 20 heavy (non-hydrogen) atoms. The van der Waals surface area contributed by atoms with Crippen LogP contribution in [0.15, 0.2) is 43.0 Å². The third-order valence-electron chi connectivity index (χ3n) is 3.17. The van der Waals surface area contributed by atoms with Gasteiger partial charge in [0.2, 0.25) is 0 Å². The largest absolute Gasteiger partial charge is 0.445 e. The molecule has 0 aliphatic carbocycles. The topological polar surface area (TPSA) is 49.9 Å². The fraction of sp³-hybridized carbons (Fsp3) is 0.333. The van der Waals surface area contributed by atoms with Gasteiger partial charge in [0.05, 0.1) is 0 Å². The van der Waals surface area contributed by atoms with E-state index in [1.807, 2.05) is 18.2 Å². The van der Waals surface area contributed by atoms with E-state index in [1.165, 1.54) is 6.08 Å². The normalized spacial score (nSPS) is 14.8. The van der Waals surface area contributed by atoms with Crippen molar-refractivity contribution in [3.05, 3.63) is 48.6 Å². The smallest absolute Gasteiger partial charge is 0.410 e. The molecule has 106 valence electrons. The predicted molar refractivity (Wildman–Crippen MR) is 75.5 cm³/mol. The average molecular weight is 274 g/mol. The lowest BCUT2D eigenvalue weighted by Crippen LogP contribution is -2.50. The Bertz CT molecular complexity index is 479. The second-order valence-corrected chi connectivity index (χ2v) is 4.51. The van der Waals surface area contributed by atoms with E-state index < -0.39 is 0 Å². The van der Waals surface area contributed by atoms with Gasteiger partial charge in [0.15, 0.2) is 0 Å². The van der Waals surface area contributed by atoms with Crippen LogP contribution in [0.4, 0.5) is 4.79 Å². The summed E-state index contributed by atoms with van der Waals surface area (Å²) in [4.78, 5) is 27.2. The van der Waals surface area contributed by atoms with Crippen LogP contribution in [0.3, 0.4) is 0 Å². The molecule has 0 bridgehead atoms. The molecule has 0 saturated carbocycles. The Kier molecular flexibility index (Phi) is 4.76. The monoisotopic (exact) mass is 274 g/mol. The first-order valence-corrected chi connectivity index (χ1v) is 6.59. The molecule has 1 fully saturated rings. The maximum absolute atomic E-state index is 12.2. The Morgan fingerprint density at radius 3 is 2.30 bits per heavy atom. The summed E-state index contributed by atoms with van der Waals surface area (Å²) in [6, 6.07) is 9.16. The van der Waals surface area contributed by atoms with Crippen molar-refractivity contribution in [1.82, 2.24) is 9.80 Å². The summed E-state index contributed by atoms with van der Waals surface area (Å²) in [5, 5.41) is 0. The van der Waals surface area contributed by atoms with E-state index >= 15 is 0 Å². The number of nitrogens with zero attached hydrogens (tertiary/aromatic N) is 2. The highest BCUT2D eigenvalue weighted by atomic mass is 16.6. The second-order valence-electron chi connectivity index (χ2n) is 4.51. The number of piperazine rings is 1. The Balaban J connectivity index is 1.86. The van der Waals surface area contributed by atoms with Crippen molar-refractivity contribution in [2.24, 2.45) is 0 Å². The zero-order valence-electron chi connectivity index (χ0n) is 11.3. The lowest BCUT2D eigenvalue weighted by Gasteiger charge is -2.34. The van der Waals surface area contributed by atoms with E-state index in [0.29, 0.717) is 31.7 Å². The second kappa shape index (κ2) is 6.75. The van der Waals surface area contributed by atoms with Crippen LogP contribution in [-0.4, -0.2) is 54.6 Å². The predicted octanol–water partition coefficient (Wildman–Crippen LogP) is 1.77. The van der Waals surface area contributed by atoms with Gasteiger partial charge in [-0.25, -0.2) is 4.79 Å². The Hall–Kier alpha value is -2.30. The third kappa shape index (κ3) is 3.38. The molecule has 1 aromatic rings. The number of benzene rings is 1. The summed E-state index contributed by atoms with van der Waals surface area (Å²) in [7, 11) is 0. The first kappa shape index (κ1) is 14.1. The number of carbonyl (C=O) groups is 2. The van der Waals surface area contributed by atoms with Gasteiger partial charge in [-0.2, -0.15) is 0 Å². The fourth-order valence-corrected chi connectivity index (χ4v) is 2.08. The molecule has 1 saturated heterocycles. The Morgan fingerprint density at radius 1 is 1.10 bits per heavy atom. The van der Waals surface area contributed by atoms with Crippen molar-refractivity contribution < 1.29 is 14.3 Å². The van der Waals surface area contributed by atoms with Crippen LogP contribution in [0.5, 0.6) is 0 Å². The molecule has 0 aromatic heterocycles. The third-order valence-corrected chi connectivity index (χ3v) is 3.17. The molecule has 2 amide bonds. The van der Waals surface area contributed by atoms with E-state index in [9.17, 15) is 9.59 Å². The standard InChI is InChI=1S/C15H18N2O3/c1-2-12-20-15(19)17-10-8-16(9-11-17)14(18)13-6-4-3-5-7-13/h2-7H,1,8-12H2. The van der Waals surface area contributed by atoms with Crippen molar-refractivity contribution in [1.29, 1.82) is 0 Å². The van der Waals surface area contributed by atoms with Gasteiger partial charge in [0, 0.05) is 31.7 Å². The first-order chi connectivity index (χ1) is 9.72. The summed E-state index contributed by atoms with van der Waals surface area (Å²) < 4.78 is 4.98. The summed E-state index contributed by atoms with van der Waals surface area (Å²) in [5.74, 6) is 0.00436. The van der Waals surface area contributed by atoms with Crippen LogP contribution in [0, 0.1) is 0 Å². The van der Waals surface area contributed by atoms with Crippen molar-refractivity contribution in [3.8, 4) is 0 Å². The number of rotatable bonds is 3. The van der Waals surface area contributed by atoms with Crippen molar-refractivity contribution >= 4 is 12.0 Å². The van der Waals surface area contributed by atoms with E-state index in [2.05, 4.69) is 6.58 Å². The highest BCUT2D eigenvalue weighted by Crippen LogP contribution is 2.09. The van der Waals surface area contributed by atoms with Gasteiger partial charge in [-0.05, 0) is 12.1 Å². The van der Waals surface area contributed by atoms with Crippen LogP contribution in [0.25, 0.3) is 0 Å². The minimum Gasteiger partial charge on any atom is -0.445 e. The van der Waals surface area contributed by atoms with Crippen molar-refractivity contribution in [2.75, 3.05) is 32.8 Å².